The van der Waals surface area contributed by atoms with E-state index in [0.717, 1.165) is 36.1 Å². The summed E-state index contributed by atoms with van der Waals surface area (Å²) in [6.45, 7) is 3.95. The molecule has 0 atom stereocenters. The standard InChI is InChI=1S/C14H17N3O2S/c1-10-2-5-17(6-3-10)12(18)8-19-13-11-4-7-20-14(11)16-9-15-13/h4,7,9-10H,2-3,5-6,8H2,1H3. The first-order valence-corrected chi connectivity index (χ1v) is 7.71. The van der Waals surface area contributed by atoms with E-state index in [9.17, 15) is 4.79 Å². The van der Waals surface area contributed by atoms with Gasteiger partial charge in [0.25, 0.3) is 5.91 Å². The zero-order valence-corrected chi connectivity index (χ0v) is 12.2. The Morgan fingerprint density at radius 1 is 1.45 bits per heavy atom. The molecule has 1 aliphatic heterocycles. The second-order valence-electron chi connectivity index (χ2n) is 5.17. The highest BCUT2D eigenvalue weighted by Crippen LogP contribution is 2.25. The quantitative estimate of drug-likeness (QED) is 0.871. The van der Waals surface area contributed by atoms with E-state index < -0.39 is 0 Å². The zero-order valence-electron chi connectivity index (χ0n) is 11.4. The van der Waals surface area contributed by atoms with Crippen LogP contribution in [0.5, 0.6) is 5.88 Å². The summed E-state index contributed by atoms with van der Waals surface area (Å²) in [5.41, 5.74) is 0. The van der Waals surface area contributed by atoms with Crippen LogP contribution in [0.2, 0.25) is 0 Å². The predicted octanol–water partition coefficient (Wildman–Crippen LogP) is 2.33. The smallest absolute Gasteiger partial charge is 0.260 e. The number of carbonyl (C=O) groups excluding carboxylic acids is 1. The van der Waals surface area contributed by atoms with E-state index in [2.05, 4.69) is 16.9 Å². The van der Waals surface area contributed by atoms with Gasteiger partial charge in [-0.2, -0.15) is 0 Å². The minimum Gasteiger partial charge on any atom is -0.467 e. The van der Waals surface area contributed by atoms with Gasteiger partial charge in [0, 0.05) is 13.1 Å². The first kappa shape index (κ1) is 13.3. The Bertz CT molecular complexity index is 605. The highest BCUT2D eigenvalue weighted by Gasteiger charge is 2.20. The van der Waals surface area contributed by atoms with E-state index >= 15 is 0 Å². The average molecular weight is 291 g/mol. The number of aromatic nitrogens is 2. The number of amides is 1. The second-order valence-corrected chi connectivity index (χ2v) is 6.06. The number of hydrogen-bond donors (Lipinski definition) is 0. The molecule has 2 aromatic heterocycles. The SMILES string of the molecule is CC1CCN(C(=O)COc2ncnc3sccc23)CC1. The van der Waals surface area contributed by atoms with Crippen LogP contribution in [0.15, 0.2) is 17.8 Å². The number of hydrogen-bond acceptors (Lipinski definition) is 5. The second kappa shape index (κ2) is 5.75. The third-order valence-electron chi connectivity index (χ3n) is 3.69. The van der Waals surface area contributed by atoms with Crippen LogP contribution < -0.4 is 4.74 Å². The molecule has 3 rings (SSSR count). The van der Waals surface area contributed by atoms with Gasteiger partial charge < -0.3 is 9.64 Å². The van der Waals surface area contributed by atoms with Crippen molar-refractivity contribution in [1.82, 2.24) is 14.9 Å². The van der Waals surface area contributed by atoms with Gasteiger partial charge in [-0.25, -0.2) is 9.97 Å². The molecule has 1 fully saturated rings. The van der Waals surface area contributed by atoms with Gasteiger partial charge in [0.15, 0.2) is 6.61 Å². The van der Waals surface area contributed by atoms with Gasteiger partial charge in [-0.05, 0) is 30.2 Å². The number of likely N-dealkylation sites (tertiary alicyclic amines) is 1. The van der Waals surface area contributed by atoms with E-state index in [1.54, 1.807) is 0 Å². The molecule has 0 N–H and O–H groups in total. The third-order valence-corrected chi connectivity index (χ3v) is 4.51. The molecule has 0 radical (unpaired) electrons. The molecule has 0 unspecified atom stereocenters. The molecule has 0 aromatic carbocycles. The Morgan fingerprint density at radius 3 is 3.05 bits per heavy atom. The molecule has 0 spiro atoms. The maximum absolute atomic E-state index is 12.1. The van der Waals surface area contributed by atoms with Gasteiger partial charge in [0.2, 0.25) is 5.88 Å². The average Bonchev–Trinajstić information content (AvgIpc) is 2.94. The fraction of sp³-hybridized carbons (Fsp3) is 0.500. The fourth-order valence-electron chi connectivity index (χ4n) is 2.36. The molecule has 1 saturated heterocycles. The predicted molar refractivity (Wildman–Crippen MR) is 77.9 cm³/mol. The van der Waals surface area contributed by atoms with Crippen LogP contribution in [-0.4, -0.2) is 40.5 Å². The largest absolute Gasteiger partial charge is 0.467 e. The zero-order chi connectivity index (χ0) is 13.9. The van der Waals surface area contributed by atoms with Crippen molar-refractivity contribution in [1.29, 1.82) is 0 Å². The summed E-state index contributed by atoms with van der Waals surface area (Å²) in [5, 5.41) is 2.82. The van der Waals surface area contributed by atoms with Crippen LogP contribution in [0.4, 0.5) is 0 Å². The van der Waals surface area contributed by atoms with Crippen LogP contribution >= 0.6 is 11.3 Å². The Morgan fingerprint density at radius 2 is 2.25 bits per heavy atom. The van der Waals surface area contributed by atoms with Crippen LogP contribution in [0, 0.1) is 5.92 Å². The highest BCUT2D eigenvalue weighted by atomic mass is 32.1. The summed E-state index contributed by atoms with van der Waals surface area (Å²) in [4.78, 5) is 23.1. The van der Waals surface area contributed by atoms with Gasteiger partial charge in [-0.15, -0.1) is 11.3 Å². The molecular weight excluding hydrogens is 274 g/mol. The van der Waals surface area contributed by atoms with Crippen LogP contribution in [0.1, 0.15) is 19.8 Å². The molecule has 6 heteroatoms. The maximum atomic E-state index is 12.1. The molecule has 0 bridgehead atoms. The van der Waals surface area contributed by atoms with Gasteiger partial charge in [-0.1, -0.05) is 6.92 Å². The number of piperidine rings is 1. The maximum Gasteiger partial charge on any atom is 0.260 e. The third kappa shape index (κ3) is 2.75. The number of ether oxygens (including phenoxy) is 1. The summed E-state index contributed by atoms with van der Waals surface area (Å²) in [5.74, 6) is 1.25. The van der Waals surface area contributed by atoms with Crippen molar-refractivity contribution in [2.24, 2.45) is 5.92 Å². The molecular formula is C14H17N3O2S. The summed E-state index contributed by atoms with van der Waals surface area (Å²) >= 11 is 1.54. The molecule has 20 heavy (non-hydrogen) atoms. The number of carbonyl (C=O) groups is 1. The Kier molecular flexibility index (Phi) is 3.82. The molecule has 1 amide bonds. The minimum absolute atomic E-state index is 0.0406. The van der Waals surface area contributed by atoms with E-state index in [-0.39, 0.29) is 12.5 Å². The molecule has 0 aliphatic carbocycles. The van der Waals surface area contributed by atoms with Crippen molar-refractivity contribution < 1.29 is 9.53 Å². The molecule has 5 nitrogen and oxygen atoms in total. The lowest BCUT2D eigenvalue weighted by Gasteiger charge is -2.30. The van der Waals surface area contributed by atoms with E-state index in [1.807, 2.05) is 16.3 Å². The van der Waals surface area contributed by atoms with Gasteiger partial charge >= 0.3 is 0 Å². The van der Waals surface area contributed by atoms with Crippen molar-refractivity contribution in [3.8, 4) is 5.88 Å². The van der Waals surface area contributed by atoms with Crippen LogP contribution in [-0.2, 0) is 4.79 Å². The lowest BCUT2D eigenvalue weighted by molar-refractivity contribution is -0.134. The lowest BCUT2D eigenvalue weighted by Crippen LogP contribution is -2.40. The Labute approximate surface area is 121 Å². The molecule has 106 valence electrons. The van der Waals surface area contributed by atoms with Crippen molar-refractivity contribution in [3.63, 3.8) is 0 Å². The molecule has 1 aliphatic rings. The van der Waals surface area contributed by atoms with E-state index in [0.29, 0.717) is 11.8 Å². The summed E-state index contributed by atoms with van der Waals surface area (Å²) in [7, 11) is 0. The molecule has 2 aromatic rings. The van der Waals surface area contributed by atoms with Crippen LogP contribution in [0.3, 0.4) is 0 Å². The van der Waals surface area contributed by atoms with Crippen molar-refractivity contribution in [2.75, 3.05) is 19.7 Å². The van der Waals surface area contributed by atoms with E-state index in [1.165, 1.54) is 17.7 Å². The number of rotatable bonds is 3. The Hall–Kier alpha value is -1.69. The van der Waals surface area contributed by atoms with Crippen molar-refractivity contribution in [2.45, 2.75) is 19.8 Å². The summed E-state index contributed by atoms with van der Waals surface area (Å²) in [6, 6.07) is 1.92. The Balaban J connectivity index is 1.62. The summed E-state index contributed by atoms with van der Waals surface area (Å²) in [6.07, 6.45) is 3.63. The van der Waals surface area contributed by atoms with Gasteiger partial charge in [0.05, 0.1) is 5.39 Å². The fourth-order valence-corrected chi connectivity index (χ4v) is 3.09. The van der Waals surface area contributed by atoms with Crippen molar-refractivity contribution >= 4 is 27.5 Å². The minimum atomic E-state index is 0.0406. The number of fused-ring (bicyclic) bond motifs is 1. The molecule has 3 heterocycles. The van der Waals surface area contributed by atoms with Crippen molar-refractivity contribution in [3.05, 3.63) is 17.8 Å². The first-order valence-electron chi connectivity index (χ1n) is 6.83. The van der Waals surface area contributed by atoms with Gasteiger partial charge in [-0.3, -0.25) is 4.79 Å². The highest BCUT2D eigenvalue weighted by molar-refractivity contribution is 7.16. The number of thiophene rings is 1. The van der Waals surface area contributed by atoms with Crippen LogP contribution in [0.25, 0.3) is 10.2 Å². The molecule has 0 saturated carbocycles. The topological polar surface area (TPSA) is 55.3 Å². The lowest BCUT2D eigenvalue weighted by atomic mass is 9.99. The summed E-state index contributed by atoms with van der Waals surface area (Å²) < 4.78 is 5.58. The number of nitrogens with zero attached hydrogens (tertiary/aromatic N) is 3. The first-order chi connectivity index (χ1) is 9.74. The normalized spacial score (nSPS) is 16.6. The monoisotopic (exact) mass is 291 g/mol. The van der Waals surface area contributed by atoms with Gasteiger partial charge in [0.1, 0.15) is 11.2 Å². The van der Waals surface area contributed by atoms with E-state index in [4.69, 9.17) is 4.74 Å².